The molecule has 1 N–H and O–H groups in total. The van der Waals surface area contributed by atoms with Gasteiger partial charge in [-0.3, -0.25) is 4.79 Å². The molecule has 96 valence electrons. The number of hydrogen-bond acceptors (Lipinski definition) is 8. The van der Waals surface area contributed by atoms with E-state index >= 15 is 0 Å². The molecule has 0 unspecified atom stereocenters. The van der Waals surface area contributed by atoms with Crippen LogP contribution in [0.15, 0.2) is 0 Å². The summed E-state index contributed by atoms with van der Waals surface area (Å²) in [5, 5.41) is 19.2. The van der Waals surface area contributed by atoms with Gasteiger partial charge in [0.05, 0.1) is 13.2 Å². The van der Waals surface area contributed by atoms with Crippen molar-refractivity contribution in [1.29, 1.82) is 0 Å². The van der Waals surface area contributed by atoms with Gasteiger partial charge in [0.15, 0.2) is 16.2 Å². The molecule has 0 bridgehead atoms. The predicted molar refractivity (Wildman–Crippen MR) is 54.6 cm³/mol. The summed E-state index contributed by atoms with van der Waals surface area (Å²) in [4.78, 5) is 24.1. The van der Waals surface area contributed by atoms with Gasteiger partial charge >= 0.3 is 0 Å². The van der Waals surface area contributed by atoms with E-state index in [2.05, 4.69) is 4.84 Å². The van der Waals surface area contributed by atoms with Gasteiger partial charge in [0.25, 0.3) is 5.09 Å². The average molecular weight is 265 g/mol. The Morgan fingerprint density at radius 1 is 1.65 bits per heavy atom. The van der Waals surface area contributed by atoms with Crippen LogP contribution < -0.4 is 0 Å². The largest absolute Gasteiger partial charge is 0.374 e. The minimum atomic E-state index is -1.49. The zero-order valence-electron chi connectivity index (χ0n) is 8.90. The smallest absolute Gasteiger partial charge is 0.294 e. The zero-order valence-corrected chi connectivity index (χ0v) is 9.71. The second kappa shape index (κ2) is 4.41. The van der Waals surface area contributed by atoms with Crippen molar-refractivity contribution in [3.8, 4) is 0 Å². The lowest BCUT2D eigenvalue weighted by Crippen LogP contribution is -2.41. The first-order valence-electron chi connectivity index (χ1n) is 4.89. The van der Waals surface area contributed by atoms with Crippen LogP contribution in [0.3, 0.4) is 0 Å². The van der Waals surface area contributed by atoms with Crippen LogP contribution in [-0.4, -0.2) is 51.8 Å². The second-order valence-electron chi connectivity index (χ2n) is 3.84. The van der Waals surface area contributed by atoms with Crippen LogP contribution in [0.1, 0.15) is 6.92 Å². The van der Waals surface area contributed by atoms with E-state index in [0.29, 0.717) is 11.8 Å². The minimum absolute atomic E-state index is 0.0446. The van der Waals surface area contributed by atoms with Crippen molar-refractivity contribution in [3.05, 3.63) is 10.1 Å². The Kier molecular flexibility index (Phi) is 3.25. The third kappa shape index (κ3) is 2.37. The Morgan fingerprint density at radius 3 is 2.94 bits per heavy atom. The number of fused-ring (bicyclic) bond motifs is 1. The second-order valence-corrected chi connectivity index (χ2v) is 5.32. The van der Waals surface area contributed by atoms with Crippen molar-refractivity contribution in [1.82, 2.24) is 0 Å². The highest BCUT2D eigenvalue weighted by Crippen LogP contribution is 2.42. The molecule has 8 nitrogen and oxygen atoms in total. The predicted octanol–water partition coefficient (Wildman–Crippen LogP) is -0.671. The molecule has 0 aromatic rings. The van der Waals surface area contributed by atoms with E-state index in [0.717, 1.165) is 0 Å². The van der Waals surface area contributed by atoms with Gasteiger partial charge < -0.3 is 19.4 Å². The van der Waals surface area contributed by atoms with Gasteiger partial charge in [-0.05, 0) is 11.8 Å². The fraction of sp³-hybridized carbons (Fsp3) is 0.875. The Labute approximate surface area is 100 Å². The van der Waals surface area contributed by atoms with Crippen LogP contribution >= 0.6 is 11.8 Å². The lowest BCUT2D eigenvalue weighted by molar-refractivity contribution is -0.769. The fourth-order valence-electron chi connectivity index (χ4n) is 2.00. The quantitative estimate of drug-likeness (QED) is 0.406. The SMILES string of the molecule is CC(=O)S[C@]1(O)CO[C@@H]2[C@H](O[N+](=O)[O-])CO[C@@H]21. The lowest BCUT2D eigenvalue weighted by Gasteiger charge is -2.24. The summed E-state index contributed by atoms with van der Waals surface area (Å²) in [5.41, 5.74) is 0. The van der Waals surface area contributed by atoms with Crippen molar-refractivity contribution >= 4 is 16.9 Å². The first-order valence-corrected chi connectivity index (χ1v) is 5.70. The van der Waals surface area contributed by atoms with Crippen LogP contribution in [-0.2, 0) is 19.1 Å². The highest BCUT2D eigenvalue weighted by atomic mass is 32.2. The first-order chi connectivity index (χ1) is 7.92. The zero-order chi connectivity index (χ0) is 12.6. The third-order valence-electron chi connectivity index (χ3n) is 2.57. The molecule has 0 saturated carbocycles. The Bertz CT molecular complexity index is 351. The van der Waals surface area contributed by atoms with Crippen LogP contribution in [0.4, 0.5) is 0 Å². The summed E-state index contributed by atoms with van der Waals surface area (Å²) in [6.45, 7) is 1.15. The lowest BCUT2D eigenvalue weighted by atomic mass is 10.1. The average Bonchev–Trinajstić information content (AvgIpc) is 2.69. The summed E-state index contributed by atoms with van der Waals surface area (Å²) in [6.07, 6.45) is -2.38. The Balaban J connectivity index is 2.06. The number of hydrogen-bond donors (Lipinski definition) is 1. The van der Waals surface area contributed by atoms with E-state index in [9.17, 15) is 20.0 Å². The number of nitrogens with zero attached hydrogens (tertiary/aromatic N) is 1. The summed E-state index contributed by atoms with van der Waals surface area (Å²) in [7, 11) is 0. The van der Waals surface area contributed by atoms with Crippen molar-refractivity contribution in [3.63, 3.8) is 0 Å². The molecule has 2 aliphatic rings. The van der Waals surface area contributed by atoms with Gasteiger partial charge in [-0.2, -0.15) is 0 Å². The maximum absolute atomic E-state index is 11.0. The maximum atomic E-state index is 11.0. The molecule has 0 radical (unpaired) electrons. The van der Waals surface area contributed by atoms with Gasteiger partial charge in [-0.15, -0.1) is 10.1 Å². The van der Waals surface area contributed by atoms with Crippen LogP contribution in [0.5, 0.6) is 0 Å². The van der Waals surface area contributed by atoms with Crippen molar-refractivity contribution in [2.45, 2.75) is 30.2 Å². The van der Waals surface area contributed by atoms with Crippen molar-refractivity contribution in [2.75, 3.05) is 13.2 Å². The number of carbonyl (C=O) groups is 1. The van der Waals surface area contributed by atoms with E-state index in [-0.39, 0.29) is 18.3 Å². The number of rotatable bonds is 3. The molecule has 17 heavy (non-hydrogen) atoms. The van der Waals surface area contributed by atoms with Crippen molar-refractivity contribution in [2.24, 2.45) is 0 Å². The third-order valence-corrected chi connectivity index (χ3v) is 3.57. The molecule has 0 aromatic heterocycles. The highest BCUT2D eigenvalue weighted by Gasteiger charge is 2.58. The fourth-order valence-corrected chi connectivity index (χ4v) is 2.94. The maximum Gasteiger partial charge on any atom is 0.294 e. The normalized spacial score (nSPS) is 40.0. The van der Waals surface area contributed by atoms with E-state index in [1.807, 2.05) is 0 Å². The first kappa shape index (κ1) is 12.6. The number of ether oxygens (including phenoxy) is 2. The number of thioether (sulfide) groups is 1. The van der Waals surface area contributed by atoms with Crippen LogP contribution in [0, 0.1) is 10.1 Å². The minimum Gasteiger partial charge on any atom is -0.374 e. The molecular formula is C8H11NO7S. The standard InChI is InChI=1S/C8H11NO7S/c1-4(10)17-8(11)3-15-6-5(16-9(12)13)2-14-7(6)8/h5-7,11H,2-3H2,1H3/t5-,6-,7+,8-/m1/s1. The molecule has 2 heterocycles. The Morgan fingerprint density at radius 2 is 2.35 bits per heavy atom. The molecule has 2 fully saturated rings. The van der Waals surface area contributed by atoms with Gasteiger partial charge in [-0.25, -0.2) is 0 Å². The summed E-state index contributed by atoms with van der Waals surface area (Å²) in [5.74, 6) is 0. The molecule has 0 amide bonds. The van der Waals surface area contributed by atoms with Gasteiger partial charge in [0.1, 0.15) is 12.2 Å². The number of aliphatic hydroxyl groups is 1. The molecule has 0 aliphatic carbocycles. The molecule has 2 rings (SSSR count). The van der Waals surface area contributed by atoms with E-state index in [1.54, 1.807) is 0 Å². The summed E-state index contributed by atoms with van der Waals surface area (Å²) in [6, 6.07) is 0. The van der Waals surface area contributed by atoms with Gasteiger partial charge in [-0.1, -0.05) is 0 Å². The van der Waals surface area contributed by atoms with Gasteiger partial charge in [0, 0.05) is 6.92 Å². The molecule has 0 aromatic carbocycles. The molecule has 9 heteroatoms. The Hall–Kier alpha value is -0.900. The highest BCUT2D eigenvalue weighted by molar-refractivity contribution is 8.14. The van der Waals surface area contributed by atoms with E-state index in [4.69, 9.17) is 9.47 Å². The topological polar surface area (TPSA) is 108 Å². The molecular weight excluding hydrogens is 254 g/mol. The molecule has 2 aliphatic heterocycles. The van der Waals surface area contributed by atoms with Crippen molar-refractivity contribution < 1.29 is 29.3 Å². The van der Waals surface area contributed by atoms with E-state index < -0.39 is 28.3 Å². The van der Waals surface area contributed by atoms with Crippen LogP contribution in [0.25, 0.3) is 0 Å². The molecule has 4 atom stereocenters. The molecule has 2 saturated heterocycles. The van der Waals surface area contributed by atoms with Crippen LogP contribution in [0.2, 0.25) is 0 Å². The summed E-state index contributed by atoms with van der Waals surface area (Å²) < 4.78 is 10.5. The van der Waals surface area contributed by atoms with E-state index in [1.165, 1.54) is 6.92 Å². The molecule has 0 spiro atoms. The summed E-state index contributed by atoms with van der Waals surface area (Å²) >= 11 is 0.703. The number of carbonyl (C=O) groups excluding carboxylic acids is 1. The van der Waals surface area contributed by atoms with Gasteiger partial charge in [0.2, 0.25) is 0 Å². The monoisotopic (exact) mass is 265 g/mol.